The Bertz CT molecular complexity index is 1090. The van der Waals surface area contributed by atoms with E-state index in [0.29, 0.717) is 17.2 Å². The Hall–Kier alpha value is -3.07. The van der Waals surface area contributed by atoms with Crippen molar-refractivity contribution >= 4 is 11.5 Å². The number of anilines is 2. The minimum atomic E-state index is 0.286. The van der Waals surface area contributed by atoms with Crippen LogP contribution in [0.15, 0.2) is 24.4 Å². The number of rotatable bonds is 6. The van der Waals surface area contributed by atoms with Crippen molar-refractivity contribution in [1.82, 2.24) is 14.9 Å². The van der Waals surface area contributed by atoms with Crippen LogP contribution in [-0.2, 0) is 19.3 Å². The highest BCUT2D eigenvalue weighted by molar-refractivity contribution is 5.63. The van der Waals surface area contributed by atoms with Gasteiger partial charge in [-0.3, -0.25) is 0 Å². The van der Waals surface area contributed by atoms with E-state index in [0.717, 1.165) is 68.1 Å². The Labute approximate surface area is 225 Å². The molecular formula is C31H48N6. The van der Waals surface area contributed by atoms with E-state index in [9.17, 15) is 5.26 Å². The monoisotopic (exact) mass is 504 g/mol. The van der Waals surface area contributed by atoms with Gasteiger partial charge in [0.25, 0.3) is 0 Å². The Balaban J connectivity index is 0.000000531. The number of hydrogen-bond acceptors (Lipinski definition) is 6. The third kappa shape index (κ3) is 7.03. The predicted octanol–water partition coefficient (Wildman–Crippen LogP) is 6.60. The van der Waals surface area contributed by atoms with Gasteiger partial charge in [0.2, 0.25) is 0 Å². The molecule has 0 spiro atoms. The SMILES string of the molecule is C=C(C)N(C)C.CC.CCc1nc2c(c(N3CCC3)n1)CCC(c1c(C(C)CC)ccc(N)c1C#N)C2. The van der Waals surface area contributed by atoms with Gasteiger partial charge >= 0.3 is 0 Å². The van der Waals surface area contributed by atoms with E-state index in [-0.39, 0.29) is 5.92 Å². The number of benzene rings is 1. The fourth-order valence-electron chi connectivity index (χ4n) is 4.71. The van der Waals surface area contributed by atoms with Gasteiger partial charge in [-0.1, -0.05) is 47.3 Å². The number of aromatic nitrogens is 2. The number of nitrogen functional groups attached to an aromatic ring is 1. The minimum absolute atomic E-state index is 0.286. The average Bonchev–Trinajstić information content (AvgIpc) is 2.87. The molecule has 1 aliphatic heterocycles. The van der Waals surface area contributed by atoms with E-state index in [4.69, 9.17) is 15.7 Å². The van der Waals surface area contributed by atoms with Gasteiger partial charge in [0.05, 0.1) is 11.3 Å². The largest absolute Gasteiger partial charge is 0.398 e. The first kappa shape index (κ1) is 30.2. The highest BCUT2D eigenvalue weighted by atomic mass is 15.2. The van der Waals surface area contributed by atoms with Crippen molar-refractivity contribution in [2.24, 2.45) is 0 Å². The molecule has 2 aromatic rings. The van der Waals surface area contributed by atoms with Crippen molar-refractivity contribution in [3.63, 3.8) is 0 Å². The summed E-state index contributed by atoms with van der Waals surface area (Å²) < 4.78 is 0. The lowest BCUT2D eigenvalue weighted by Gasteiger charge is -2.36. The van der Waals surface area contributed by atoms with Crippen molar-refractivity contribution in [3.05, 3.63) is 58.2 Å². The number of fused-ring (bicyclic) bond motifs is 1. The minimum Gasteiger partial charge on any atom is -0.398 e. The summed E-state index contributed by atoms with van der Waals surface area (Å²) in [6.07, 6.45) is 5.99. The fraction of sp³-hybridized carbons (Fsp3) is 0.581. The Morgan fingerprint density at radius 3 is 2.38 bits per heavy atom. The molecule has 2 aliphatic rings. The van der Waals surface area contributed by atoms with Crippen LogP contribution in [0.5, 0.6) is 0 Å². The van der Waals surface area contributed by atoms with Crippen molar-refractivity contribution < 1.29 is 0 Å². The zero-order valence-corrected chi connectivity index (χ0v) is 24.5. The molecule has 4 rings (SSSR count). The molecule has 1 aliphatic carbocycles. The third-order valence-electron chi connectivity index (χ3n) is 7.51. The average molecular weight is 505 g/mol. The maximum atomic E-state index is 9.88. The van der Waals surface area contributed by atoms with Gasteiger partial charge < -0.3 is 15.5 Å². The molecule has 0 bridgehead atoms. The molecule has 0 amide bonds. The summed E-state index contributed by atoms with van der Waals surface area (Å²) in [6, 6.07) is 6.45. The smallest absolute Gasteiger partial charge is 0.135 e. The predicted molar refractivity (Wildman–Crippen MR) is 157 cm³/mol. The second-order valence-electron chi connectivity index (χ2n) is 10.1. The van der Waals surface area contributed by atoms with Crippen molar-refractivity contribution in [3.8, 4) is 6.07 Å². The summed E-state index contributed by atoms with van der Waals surface area (Å²) in [7, 11) is 3.95. The zero-order valence-electron chi connectivity index (χ0n) is 24.5. The zero-order chi connectivity index (χ0) is 27.7. The van der Waals surface area contributed by atoms with Crippen LogP contribution in [0.3, 0.4) is 0 Å². The van der Waals surface area contributed by atoms with Crippen LogP contribution in [0.2, 0.25) is 0 Å². The molecule has 1 fully saturated rings. The first-order valence-electron chi connectivity index (χ1n) is 14.0. The lowest BCUT2D eigenvalue weighted by atomic mass is 9.76. The summed E-state index contributed by atoms with van der Waals surface area (Å²) in [5.41, 5.74) is 13.5. The molecule has 2 atom stereocenters. The van der Waals surface area contributed by atoms with E-state index in [2.05, 4.69) is 44.4 Å². The van der Waals surface area contributed by atoms with E-state index >= 15 is 0 Å². The van der Waals surface area contributed by atoms with Crippen molar-refractivity contribution in [2.45, 2.75) is 91.9 Å². The highest BCUT2D eigenvalue weighted by Crippen LogP contribution is 2.42. The van der Waals surface area contributed by atoms with Crippen LogP contribution in [0, 0.1) is 11.3 Å². The van der Waals surface area contributed by atoms with Gasteiger partial charge in [-0.25, -0.2) is 9.97 Å². The van der Waals surface area contributed by atoms with Gasteiger partial charge in [0, 0.05) is 50.6 Å². The topological polar surface area (TPSA) is 82.1 Å². The molecule has 1 aromatic heterocycles. The molecule has 1 saturated heterocycles. The standard InChI is InChI=1S/C24H31N5.C5H11N.C2H6/c1-4-15(3)17-9-10-20(26)19(14-25)23(17)16-7-8-18-21(13-16)27-22(5-2)28-24(18)29-11-6-12-29;1-5(2)6(3)4;1-2/h9-10,15-16H,4-8,11-13,26H2,1-3H3;1H2,2-4H3;1-2H3. The van der Waals surface area contributed by atoms with Crippen molar-refractivity contribution in [1.29, 1.82) is 5.26 Å². The fourth-order valence-corrected chi connectivity index (χ4v) is 4.71. The number of allylic oxidation sites excluding steroid dienone is 1. The number of nitrogens with zero attached hydrogens (tertiary/aromatic N) is 5. The number of hydrogen-bond donors (Lipinski definition) is 1. The molecule has 2 heterocycles. The molecule has 1 aromatic carbocycles. The summed E-state index contributed by atoms with van der Waals surface area (Å²) in [4.78, 5) is 14.2. The maximum Gasteiger partial charge on any atom is 0.135 e. The second-order valence-corrected chi connectivity index (χ2v) is 10.1. The molecule has 6 heteroatoms. The van der Waals surface area contributed by atoms with Crippen LogP contribution in [0.4, 0.5) is 11.5 Å². The molecule has 2 unspecified atom stereocenters. The maximum absolute atomic E-state index is 9.88. The van der Waals surface area contributed by atoms with Crippen LogP contribution in [0.1, 0.15) is 106 Å². The molecule has 0 radical (unpaired) electrons. The van der Waals surface area contributed by atoms with E-state index in [1.807, 2.05) is 45.8 Å². The molecule has 2 N–H and O–H groups in total. The number of nitrogens with two attached hydrogens (primary N) is 1. The van der Waals surface area contributed by atoms with Gasteiger partial charge in [-0.2, -0.15) is 5.26 Å². The van der Waals surface area contributed by atoms with Gasteiger partial charge in [0.15, 0.2) is 0 Å². The van der Waals surface area contributed by atoms with Crippen LogP contribution in [0.25, 0.3) is 0 Å². The van der Waals surface area contributed by atoms with Crippen molar-refractivity contribution in [2.75, 3.05) is 37.8 Å². The lowest BCUT2D eigenvalue weighted by Crippen LogP contribution is -2.39. The normalized spacial score (nSPS) is 16.5. The number of aryl methyl sites for hydroxylation is 1. The second kappa shape index (κ2) is 14.0. The first-order valence-corrected chi connectivity index (χ1v) is 14.0. The Morgan fingerprint density at radius 1 is 1.24 bits per heavy atom. The summed E-state index contributed by atoms with van der Waals surface area (Å²) in [6.45, 7) is 18.4. The van der Waals surface area contributed by atoms with E-state index < -0.39 is 0 Å². The number of nitriles is 1. The molecule has 6 nitrogen and oxygen atoms in total. The van der Waals surface area contributed by atoms with E-state index in [1.54, 1.807) is 0 Å². The van der Waals surface area contributed by atoms with Crippen LogP contribution in [-0.4, -0.2) is 42.1 Å². The molecular weight excluding hydrogens is 456 g/mol. The summed E-state index contributed by atoms with van der Waals surface area (Å²) >= 11 is 0. The van der Waals surface area contributed by atoms with Crippen LogP contribution < -0.4 is 10.6 Å². The quantitative estimate of drug-likeness (QED) is 0.447. The van der Waals surface area contributed by atoms with Gasteiger partial charge in [0.1, 0.15) is 17.7 Å². The molecule has 37 heavy (non-hydrogen) atoms. The summed E-state index contributed by atoms with van der Waals surface area (Å²) in [5, 5.41) is 9.88. The Kier molecular flexibility index (Phi) is 11.4. The van der Waals surface area contributed by atoms with Crippen LogP contribution >= 0.6 is 0 Å². The van der Waals surface area contributed by atoms with Gasteiger partial charge in [-0.15, -0.1) is 0 Å². The van der Waals surface area contributed by atoms with Gasteiger partial charge in [-0.05, 0) is 68.1 Å². The molecule has 202 valence electrons. The van der Waals surface area contributed by atoms with E-state index in [1.165, 1.54) is 23.2 Å². The molecule has 0 saturated carbocycles. The third-order valence-corrected chi connectivity index (χ3v) is 7.51. The first-order chi connectivity index (χ1) is 17.7. The summed E-state index contributed by atoms with van der Waals surface area (Å²) in [5.74, 6) is 2.79. The Morgan fingerprint density at radius 2 is 1.89 bits per heavy atom. The lowest BCUT2D eigenvalue weighted by molar-refractivity contribution is 0.516. The highest BCUT2D eigenvalue weighted by Gasteiger charge is 2.31.